The maximum Gasteiger partial charge on any atom is 0.306 e. The number of rotatable bonds is 68. The quantitative estimate of drug-likeness (QED) is 0.0195. The van der Waals surface area contributed by atoms with Gasteiger partial charge in [0.25, 0.3) is 0 Å². The van der Waals surface area contributed by atoms with Crippen molar-refractivity contribution in [2.24, 2.45) is 0 Å². The highest BCUT2D eigenvalue weighted by molar-refractivity contribution is 5.70. The summed E-state index contributed by atoms with van der Waals surface area (Å²) in [5.41, 5.74) is 0. The van der Waals surface area contributed by atoms with Crippen molar-refractivity contribution in [2.75, 3.05) is 47.5 Å². The van der Waals surface area contributed by atoms with E-state index in [0.717, 1.165) is 38.5 Å². The third kappa shape index (κ3) is 65.4. The monoisotopic (exact) mass is 1150 g/mol. The summed E-state index contributed by atoms with van der Waals surface area (Å²) in [4.78, 5) is 37.5. The zero-order valence-corrected chi connectivity index (χ0v) is 54.9. The van der Waals surface area contributed by atoms with Crippen LogP contribution in [0.25, 0.3) is 0 Å². The van der Waals surface area contributed by atoms with Crippen LogP contribution in [0.1, 0.15) is 373 Å². The first-order chi connectivity index (χ1) is 39.6. The predicted molar refractivity (Wildman–Crippen MR) is 343 cm³/mol. The summed E-state index contributed by atoms with van der Waals surface area (Å²) in [6.45, 7) is 4.83. The largest absolute Gasteiger partial charge is 0.545 e. The van der Waals surface area contributed by atoms with Crippen molar-refractivity contribution >= 4 is 17.9 Å². The summed E-state index contributed by atoms with van der Waals surface area (Å²) in [7, 11) is 5.95. The number of nitrogens with zero attached hydrogens (tertiary/aromatic N) is 1. The number of carboxylic acid groups (broad SMARTS) is 1. The number of carbonyl (C=O) groups excluding carboxylic acids is 3. The van der Waals surface area contributed by atoms with Crippen LogP contribution < -0.4 is 5.11 Å². The lowest BCUT2D eigenvalue weighted by Gasteiger charge is -2.26. The number of esters is 2. The van der Waals surface area contributed by atoms with Gasteiger partial charge >= 0.3 is 11.9 Å². The van der Waals surface area contributed by atoms with E-state index < -0.39 is 24.3 Å². The maximum absolute atomic E-state index is 12.9. The summed E-state index contributed by atoms with van der Waals surface area (Å²) in [5.74, 6) is -2.25. The molecule has 0 spiro atoms. The Kier molecular flexibility index (Phi) is 62.5. The van der Waals surface area contributed by atoms with Crippen molar-refractivity contribution in [3.05, 3.63) is 12.2 Å². The van der Waals surface area contributed by atoms with Gasteiger partial charge in [0.05, 0.1) is 40.3 Å². The molecule has 0 aromatic rings. The molecule has 0 aliphatic heterocycles. The van der Waals surface area contributed by atoms with Crippen LogP contribution in [0.15, 0.2) is 12.2 Å². The maximum atomic E-state index is 12.9. The van der Waals surface area contributed by atoms with Gasteiger partial charge in [-0.1, -0.05) is 334 Å². The topological polar surface area (TPSA) is 111 Å². The van der Waals surface area contributed by atoms with E-state index in [0.29, 0.717) is 17.4 Å². The molecule has 0 radical (unpaired) electrons. The molecule has 2 atom stereocenters. The second kappa shape index (κ2) is 64.0. The fourth-order valence-electron chi connectivity index (χ4n) is 11.0. The van der Waals surface area contributed by atoms with Crippen molar-refractivity contribution in [3.63, 3.8) is 0 Å². The van der Waals surface area contributed by atoms with Gasteiger partial charge in [-0.05, 0) is 38.5 Å². The highest BCUT2D eigenvalue weighted by Gasteiger charge is 2.22. The van der Waals surface area contributed by atoms with Gasteiger partial charge in [-0.2, -0.15) is 0 Å². The molecule has 0 saturated carbocycles. The number of allylic oxidation sites excluding steroid dienone is 2. The number of hydrogen-bond acceptors (Lipinski definition) is 8. The SMILES string of the molecule is CCCCCCCCCC/C=C\CCCCCCCCCCCCCCCCCCCC(=O)OC(COC(=O)CCCCCCCCCCCCCCCCCCCCCCCCCCCCC)COC(OCC[N+](C)(C)C)C(=O)[O-]. The van der Waals surface area contributed by atoms with E-state index in [4.69, 9.17) is 18.9 Å². The molecule has 0 heterocycles. The second-order valence-corrected chi connectivity index (χ2v) is 25.9. The Morgan fingerprint density at radius 2 is 0.630 bits per heavy atom. The first kappa shape index (κ1) is 79.0. The summed E-state index contributed by atoms with van der Waals surface area (Å²) >= 11 is 0. The fraction of sp³-hybridized carbons (Fsp3) is 0.931. The van der Waals surface area contributed by atoms with Gasteiger partial charge in [-0.25, -0.2) is 0 Å². The van der Waals surface area contributed by atoms with Crippen molar-refractivity contribution in [2.45, 2.75) is 386 Å². The minimum atomic E-state index is -1.62. The summed E-state index contributed by atoms with van der Waals surface area (Å²) in [5, 5.41) is 11.8. The standard InChI is InChI=1S/C72H139NO8/c1-6-8-10-12-14-16-18-20-22-24-26-28-30-32-34-35-37-39-41-43-45-47-49-51-53-55-57-59-61-63-70(75)81-68(67-80-72(71(76)77)78-65-64-73(3,4)5)66-79-69(74)62-60-58-56-54-52-50-48-46-44-42-40-38-36-33-31-29-27-25-23-21-19-17-15-13-11-9-7-2/h24,26,68,72H,6-23,25,27-67H2,1-5H3/b26-24-. The van der Waals surface area contributed by atoms with E-state index >= 15 is 0 Å². The van der Waals surface area contributed by atoms with Gasteiger partial charge in [0.1, 0.15) is 13.2 Å². The third-order valence-electron chi connectivity index (χ3n) is 16.5. The number of unbranched alkanes of at least 4 members (excludes halogenated alkanes) is 51. The number of carboxylic acids is 1. The van der Waals surface area contributed by atoms with E-state index in [1.807, 2.05) is 21.1 Å². The van der Waals surface area contributed by atoms with Crippen LogP contribution in [0.5, 0.6) is 0 Å². The Balaban J connectivity index is 4.04. The molecule has 0 fully saturated rings. The van der Waals surface area contributed by atoms with Gasteiger partial charge < -0.3 is 33.3 Å². The van der Waals surface area contributed by atoms with Crippen LogP contribution in [-0.2, 0) is 33.3 Å². The molecule has 2 unspecified atom stereocenters. The number of aliphatic carboxylic acids is 1. The van der Waals surface area contributed by atoms with Crippen LogP contribution in [0.2, 0.25) is 0 Å². The molecular weight excluding hydrogens is 1010 g/mol. The Morgan fingerprint density at radius 1 is 0.358 bits per heavy atom. The number of carbonyl (C=O) groups is 3. The lowest BCUT2D eigenvalue weighted by molar-refractivity contribution is -0.870. The molecule has 0 bridgehead atoms. The van der Waals surface area contributed by atoms with Crippen LogP contribution >= 0.6 is 0 Å². The molecule has 0 N–H and O–H groups in total. The highest BCUT2D eigenvalue weighted by Crippen LogP contribution is 2.19. The van der Waals surface area contributed by atoms with Gasteiger partial charge in [0.15, 0.2) is 12.4 Å². The van der Waals surface area contributed by atoms with Crippen LogP contribution in [0.4, 0.5) is 0 Å². The number of ether oxygens (including phenoxy) is 4. The van der Waals surface area contributed by atoms with E-state index in [9.17, 15) is 19.5 Å². The van der Waals surface area contributed by atoms with Crippen molar-refractivity contribution in [1.82, 2.24) is 0 Å². The number of quaternary nitrogens is 1. The summed E-state index contributed by atoms with van der Waals surface area (Å²) in [6.07, 6.45) is 74.5. The van der Waals surface area contributed by atoms with Crippen LogP contribution in [0.3, 0.4) is 0 Å². The average molecular weight is 1150 g/mol. The van der Waals surface area contributed by atoms with E-state index in [1.54, 1.807) is 0 Å². The molecule has 0 aliphatic rings. The molecule has 0 aromatic heterocycles. The van der Waals surface area contributed by atoms with Crippen molar-refractivity contribution in [1.29, 1.82) is 0 Å². The lowest BCUT2D eigenvalue weighted by Crippen LogP contribution is -2.44. The Bertz CT molecular complexity index is 1330. The Morgan fingerprint density at radius 3 is 0.914 bits per heavy atom. The van der Waals surface area contributed by atoms with E-state index in [2.05, 4.69) is 26.0 Å². The number of hydrogen-bond donors (Lipinski definition) is 0. The zero-order chi connectivity index (χ0) is 59.1. The minimum Gasteiger partial charge on any atom is -0.545 e. The second-order valence-electron chi connectivity index (χ2n) is 25.9. The Hall–Kier alpha value is -1.97. The van der Waals surface area contributed by atoms with Crippen molar-refractivity contribution < 1.29 is 42.9 Å². The van der Waals surface area contributed by atoms with E-state index in [-0.39, 0.29) is 32.2 Å². The summed E-state index contributed by atoms with van der Waals surface area (Å²) < 4.78 is 22.8. The molecular formula is C72H139NO8. The smallest absolute Gasteiger partial charge is 0.306 e. The lowest BCUT2D eigenvalue weighted by atomic mass is 10.0. The Labute approximate surface area is 504 Å². The molecule has 480 valence electrons. The van der Waals surface area contributed by atoms with E-state index in [1.165, 1.54) is 308 Å². The first-order valence-electron chi connectivity index (χ1n) is 35.8. The van der Waals surface area contributed by atoms with Gasteiger partial charge in [-0.3, -0.25) is 9.59 Å². The molecule has 0 aliphatic carbocycles. The van der Waals surface area contributed by atoms with Crippen LogP contribution in [-0.4, -0.2) is 82.3 Å². The average Bonchev–Trinajstić information content (AvgIpc) is 3.44. The third-order valence-corrected chi connectivity index (χ3v) is 16.5. The zero-order valence-electron chi connectivity index (χ0n) is 54.9. The molecule has 0 amide bonds. The van der Waals surface area contributed by atoms with Crippen molar-refractivity contribution in [3.8, 4) is 0 Å². The highest BCUT2D eigenvalue weighted by atomic mass is 16.7. The molecule has 0 saturated heterocycles. The minimum absolute atomic E-state index is 0.152. The molecule has 9 heteroatoms. The molecule has 0 aromatic carbocycles. The van der Waals surface area contributed by atoms with Gasteiger partial charge in [0.2, 0.25) is 0 Å². The first-order valence-corrected chi connectivity index (χ1v) is 35.8. The number of likely N-dealkylation sites (N-methyl/N-ethyl adjacent to an activating group) is 1. The normalized spacial score (nSPS) is 12.7. The van der Waals surface area contributed by atoms with Gasteiger partial charge in [0, 0.05) is 12.8 Å². The summed E-state index contributed by atoms with van der Waals surface area (Å²) in [6, 6.07) is 0. The molecule has 0 rings (SSSR count). The van der Waals surface area contributed by atoms with Crippen LogP contribution in [0, 0.1) is 0 Å². The molecule has 81 heavy (non-hydrogen) atoms. The predicted octanol–water partition coefficient (Wildman–Crippen LogP) is 20.7. The fourth-order valence-corrected chi connectivity index (χ4v) is 11.0. The molecule has 9 nitrogen and oxygen atoms in total. The van der Waals surface area contributed by atoms with Gasteiger partial charge in [-0.15, -0.1) is 0 Å².